The van der Waals surface area contributed by atoms with Gasteiger partial charge in [-0.3, -0.25) is 0 Å². The molecule has 0 fully saturated rings. The highest BCUT2D eigenvalue weighted by molar-refractivity contribution is 5.86. The molecule has 4 nitrogen and oxygen atoms in total. The van der Waals surface area contributed by atoms with Crippen LogP contribution in [0.15, 0.2) is 12.2 Å². The lowest BCUT2D eigenvalue weighted by molar-refractivity contribution is -0.873. The first-order chi connectivity index (χ1) is 6.22. The normalized spacial score (nSPS) is 12.6. The number of rotatable bonds is 5. The lowest BCUT2D eigenvalue weighted by atomic mass is 10.3. The zero-order valence-electron chi connectivity index (χ0n) is 9.79. The third-order valence-corrected chi connectivity index (χ3v) is 1.51. The molecule has 0 aliphatic heterocycles. The highest BCUT2D eigenvalue weighted by Crippen LogP contribution is 1.98. The molecule has 0 spiro atoms. The number of likely N-dealkylation sites (N-methyl/N-ethyl adjacent to an activating group) is 1. The van der Waals surface area contributed by atoms with Gasteiger partial charge in [0.1, 0.15) is 19.3 Å². The van der Waals surface area contributed by atoms with E-state index in [0.29, 0.717) is 16.6 Å². The van der Waals surface area contributed by atoms with Gasteiger partial charge in [0.2, 0.25) is 0 Å². The van der Waals surface area contributed by atoms with Gasteiger partial charge in [-0.25, -0.2) is 4.79 Å². The van der Waals surface area contributed by atoms with Gasteiger partial charge in [-0.15, -0.1) is 0 Å². The predicted molar refractivity (Wildman–Crippen MR) is 54.7 cm³/mol. The van der Waals surface area contributed by atoms with Gasteiger partial charge in [0.25, 0.3) is 0 Å². The Kier molecular flexibility index (Phi) is 7.92. The SMILES string of the molecule is C=C(C)C(=O)OCC(O)C[N+](C)(C)C.[Br-]. The Hall–Kier alpha value is -0.390. The minimum atomic E-state index is -0.627. The van der Waals surface area contributed by atoms with E-state index in [4.69, 9.17) is 4.74 Å². The number of nitrogens with zero attached hydrogens (tertiary/aromatic N) is 1. The van der Waals surface area contributed by atoms with E-state index in [1.807, 2.05) is 21.1 Å². The molecular weight excluding hydrogens is 262 g/mol. The summed E-state index contributed by atoms with van der Waals surface area (Å²) < 4.78 is 5.44. The number of ether oxygens (including phenoxy) is 1. The first-order valence-corrected chi connectivity index (χ1v) is 4.53. The average Bonchev–Trinajstić information content (AvgIpc) is 1.96. The maximum atomic E-state index is 11.0. The molecule has 0 amide bonds. The lowest BCUT2D eigenvalue weighted by Gasteiger charge is -2.26. The fourth-order valence-electron chi connectivity index (χ4n) is 0.980. The van der Waals surface area contributed by atoms with Gasteiger partial charge in [-0.05, 0) is 6.92 Å². The molecule has 5 heteroatoms. The van der Waals surface area contributed by atoms with Crippen molar-refractivity contribution >= 4 is 5.97 Å². The summed E-state index contributed by atoms with van der Waals surface area (Å²) >= 11 is 0. The summed E-state index contributed by atoms with van der Waals surface area (Å²) in [5.41, 5.74) is 0.349. The van der Waals surface area contributed by atoms with Crippen LogP contribution in [0.25, 0.3) is 0 Å². The van der Waals surface area contributed by atoms with Crippen molar-refractivity contribution in [3.8, 4) is 0 Å². The van der Waals surface area contributed by atoms with Crippen LogP contribution in [0.5, 0.6) is 0 Å². The molecule has 0 aliphatic carbocycles. The Balaban J connectivity index is 0. The standard InChI is InChI=1S/C10H20NO3.BrH/c1-8(2)10(13)14-7-9(12)6-11(3,4)5;/h9,12H,1,6-7H2,2-5H3;1H/q+1;/p-1. The van der Waals surface area contributed by atoms with Gasteiger partial charge in [0, 0.05) is 5.57 Å². The van der Waals surface area contributed by atoms with Gasteiger partial charge in [0.05, 0.1) is 21.1 Å². The highest BCUT2D eigenvalue weighted by Gasteiger charge is 2.17. The van der Waals surface area contributed by atoms with Crippen LogP contribution in [-0.4, -0.2) is 56.0 Å². The van der Waals surface area contributed by atoms with Crippen LogP contribution >= 0.6 is 0 Å². The number of quaternary nitrogens is 1. The monoisotopic (exact) mass is 281 g/mol. The van der Waals surface area contributed by atoms with Gasteiger partial charge in [-0.2, -0.15) is 0 Å². The van der Waals surface area contributed by atoms with Crippen LogP contribution < -0.4 is 17.0 Å². The van der Waals surface area contributed by atoms with Crippen molar-refractivity contribution in [2.45, 2.75) is 13.0 Å². The number of aliphatic hydroxyl groups is 1. The van der Waals surface area contributed by atoms with Crippen LogP contribution in [0.3, 0.4) is 0 Å². The second-order valence-corrected chi connectivity index (χ2v) is 4.51. The molecule has 0 radical (unpaired) electrons. The largest absolute Gasteiger partial charge is 1.00 e. The van der Waals surface area contributed by atoms with Crippen molar-refractivity contribution < 1.29 is 36.1 Å². The smallest absolute Gasteiger partial charge is 0.333 e. The van der Waals surface area contributed by atoms with E-state index in [0.717, 1.165) is 0 Å². The third kappa shape index (κ3) is 9.90. The number of esters is 1. The highest BCUT2D eigenvalue weighted by atomic mass is 79.9. The maximum absolute atomic E-state index is 11.0. The van der Waals surface area contributed by atoms with Gasteiger partial charge >= 0.3 is 5.97 Å². The average molecular weight is 282 g/mol. The molecule has 0 heterocycles. The quantitative estimate of drug-likeness (QED) is 0.336. The van der Waals surface area contributed by atoms with Crippen molar-refractivity contribution in [2.24, 2.45) is 0 Å². The van der Waals surface area contributed by atoms with E-state index in [2.05, 4.69) is 6.58 Å². The summed E-state index contributed by atoms with van der Waals surface area (Å²) in [7, 11) is 5.89. The molecular formula is C10H20BrNO3. The molecule has 0 aromatic carbocycles. The second kappa shape index (κ2) is 6.98. The Morgan fingerprint density at radius 3 is 2.27 bits per heavy atom. The Bertz CT molecular complexity index is 223. The molecule has 0 saturated carbocycles. The molecule has 90 valence electrons. The number of hydrogen-bond acceptors (Lipinski definition) is 3. The number of halogens is 1. The van der Waals surface area contributed by atoms with E-state index in [1.54, 1.807) is 6.92 Å². The molecule has 0 saturated heterocycles. The number of carbonyl (C=O) groups excluding carboxylic acids is 1. The van der Waals surface area contributed by atoms with Crippen molar-refractivity contribution in [1.82, 2.24) is 0 Å². The minimum Gasteiger partial charge on any atom is -1.00 e. The molecule has 1 atom stereocenters. The van der Waals surface area contributed by atoms with Gasteiger partial charge in [-0.1, -0.05) is 6.58 Å². The summed E-state index contributed by atoms with van der Waals surface area (Å²) in [4.78, 5) is 11.0. The molecule has 0 rings (SSSR count). The zero-order chi connectivity index (χ0) is 11.4. The molecule has 15 heavy (non-hydrogen) atoms. The van der Waals surface area contributed by atoms with Crippen molar-refractivity contribution in [3.63, 3.8) is 0 Å². The van der Waals surface area contributed by atoms with Crippen LogP contribution in [-0.2, 0) is 9.53 Å². The third-order valence-electron chi connectivity index (χ3n) is 1.51. The summed E-state index contributed by atoms with van der Waals surface area (Å²) in [5, 5.41) is 9.49. The summed E-state index contributed by atoms with van der Waals surface area (Å²) in [6.07, 6.45) is -0.627. The first-order valence-electron chi connectivity index (χ1n) is 4.53. The van der Waals surface area contributed by atoms with E-state index < -0.39 is 12.1 Å². The zero-order valence-corrected chi connectivity index (χ0v) is 11.4. The van der Waals surface area contributed by atoms with E-state index >= 15 is 0 Å². The summed E-state index contributed by atoms with van der Waals surface area (Å²) in [5.74, 6) is -0.453. The topological polar surface area (TPSA) is 46.5 Å². The molecule has 1 N–H and O–H groups in total. The summed E-state index contributed by atoms with van der Waals surface area (Å²) in [6.45, 7) is 5.60. The van der Waals surface area contributed by atoms with E-state index in [-0.39, 0.29) is 23.6 Å². The van der Waals surface area contributed by atoms with Gasteiger partial charge in [0.15, 0.2) is 0 Å². The Morgan fingerprint density at radius 1 is 1.47 bits per heavy atom. The van der Waals surface area contributed by atoms with E-state index in [9.17, 15) is 9.90 Å². The Morgan fingerprint density at radius 2 is 1.93 bits per heavy atom. The van der Waals surface area contributed by atoms with Crippen LogP contribution in [0.4, 0.5) is 0 Å². The van der Waals surface area contributed by atoms with Crippen LogP contribution in [0, 0.1) is 0 Å². The number of carbonyl (C=O) groups is 1. The first kappa shape index (κ1) is 17.0. The van der Waals surface area contributed by atoms with Crippen molar-refractivity contribution in [2.75, 3.05) is 34.3 Å². The minimum absolute atomic E-state index is 0. The molecule has 0 aliphatic rings. The molecule has 0 aromatic rings. The molecule has 0 aromatic heterocycles. The maximum Gasteiger partial charge on any atom is 0.333 e. The molecule has 1 unspecified atom stereocenters. The fraction of sp³-hybridized carbons (Fsp3) is 0.700. The predicted octanol–water partition coefficient (Wildman–Crippen LogP) is -2.82. The van der Waals surface area contributed by atoms with E-state index in [1.165, 1.54) is 0 Å². The van der Waals surface area contributed by atoms with Crippen molar-refractivity contribution in [1.29, 1.82) is 0 Å². The summed E-state index contributed by atoms with van der Waals surface area (Å²) in [6, 6.07) is 0. The second-order valence-electron chi connectivity index (χ2n) is 4.51. The van der Waals surface area contributed by atoms with Crippen LogP contribution in [0.1, 0.15) is 6.92 Å². The molecule has 0 bridgehead atoms. The lowest BCUT2D eigenvalue weighted by Crippen LogP contribution is -3.00. The van der Waals surface area contributed by atoms with Crippen molar-refractivity contribution in [3.05, 3.63) is 12.2 Å². The fourth-order valence-corrected chi connectivity index (χ4v) is 0.980. The Labute approximate surface area is 102 Å². The number of hydrogen-bond donors (Lipinski definition) is 1. The van der Waals surface area contributed by atoms with Gasteiger partial charge < -0.3 is 31.3 Å². The number of aliphatic hydroxyl groups excluding tert-OH is 1. The van der Waals surface area contributed by atoms with Crippen LogP contribution in [0.2, 0.25) is 0 Å².